The van der Waals surface area contributed by atoms with Crippen LogP contribution in [0.4, 0.5) is 4.39 Å². The third-order valence-corrected chi connectivity index (χ3v) is 5.43. The van der Waals surface area contributed by atoms with E-state index in [4.69, 9.17) is 9.15 Å². The van der Waals surface area contributed by atoms with E-state index in [2.05, 4.69) is 5.32 Å². The van der Waals surface area contributed by atoms with Gasteiger partial charge in [-0.1, -0.05) is 26.0 Å². The molecule has 1 aromatic carbocycles. The van der Waals surface area contributed by atoms with Crippen LogP contribution in [0.1, 0.15) is 37.7 Å². The second-order valence-electron chi connectivity index (χ2n) is 7.18. The summed E-state index contributed by atoms with van der Waals surface area (Å²) < 4.78 is 24.9. The van der Waals surface area contributed by atoms with E-state index in [9.17, 15) is 19.1 Å². The average Bonchev–Trinajstić information content (AvgIpc) is 3.10. The van der Waals surface area contributed by atoms with E-state index >= 15 is 0 Å². The predicted octanol–water partition coefficient (Wildman–Crippen LogP) is 3.47. The van der Waals surface area contributed by atoms with Gasteiger partial charge in [0.2, 0.25) is 0 Å². The molecule has 1 amide bonds. The Morgan fingerprint density at radius 1 is 1.30 bits per heavy atom. The fourth-order valence-electron chi connectivity index (χ4n) is 3.56. The van der Waals surface area contributed by atoms with E-state index in [1.54, 1.807) is 26.0 Å². The van der Waals surface area contributed by atoms with Crippen LogP contribution in [-0.2, 0) is 9.53 Å². The Morgan fingerprint density at radius 3 is 2.59 bits per heavy atom. The van der Waals surface area contributed by atoms with Crippen LogP contribution in [0.3, 0.4) is 0 Å². The smallest absolute Gasteiger partial charge is 0.330 e. The molecular formula is C20H22FNO5. The SMILES string of the molecule is CCOC1CC(NC(=O)c2ccc(-c3ccccc3F)o2)(C(=O)O)C1(C)C. The molecule has 7 heteroatoms. The van der Waals surface area contributed by atoms with Crippen molar-refractivity contribution in [3.63, 3.8) is 0 Å². The molecule has 3 rings (SSSR count). The Morgan fingerprint density at radius 2 is 2.00 bits per heavy atom. The van der Waals surface area contributed by atoms with Crippen molar-refractivity contribution in [3.05, 3.63) is 48.0 Å². The van der Waals surface area contributed by atoms with Crippen LogP contribution in [0.15, 0.2) is 40.8 Å². The van der Waals surface area contributed by atoms with Gasteiger partial charge in [-0.2, -0.15) is 0 Å². The van der Waals surface area contributed by atoms with Crippen molar-refractivity contribution in [2.45, 2.75) is 38.8 Å². The minimum absolute atomic E-state index is 0.0791. The Hall–Kier alpha value is -2.67. The van der Waals surface area contributed by atoms with Crippen LogP contribution in [0.25, 0.3) is 11.3 Å². The van der Waals surface area contributed by atoms with Gasteiger partial charge in [0.1, 0.15) is 17.1 Å². The number of carbonyl (C=O) groups is 2. The lowest BCUT2D eigenvalue weighted by Crippen LogP contribution is -2.76. The van der Waals surface area contributed by atoms with Crippen molar-refractivity contribution < 1.29 is 28.2 Å². The number of rotatable bonds is 6. The number of carboxylic acid groups (broad SMARTS) is 1. The Kier molecular flexibility index (Phi) is 4.82. The highest BCUT2D eigenvalue weighted by Gasteiger charge is 2.66. The van der Waals surface area contributed by atoms with Crippen LogP contribution >= 0.6 is 0 Å². The standard InChI is InChI=1S/C20H22FNO5/c1-4-26-16-11-20(18(24)25,19(16,2)3)22-17(23)15-10-9-14(27-15)12-7-5-6-8-13(12)21/h5-10,16H,4,11H2,1-3H3,(H,22,23)(H,24,25). The van der Waals surface area contributed by atoms with Gasteiger partial charge in [0, 0.05) is 18.4 Å². The number of amides is 1. The number of halogens is 1. The zero-order valence-corrected chi connectivity index (χ0v) is 15.4. The summed E-state index contributed by atoms with van der Waals surface area (Å²) in [7, 11) is 0. The summed E-state index contributed by atoms with van der Waals surface area (Å²) in [6, 6.07) is 8.93. The lowest BCUT2D eigenvalue weighted by Gasteiger charge is -2.58. The molecule has 0 aliphatic heterocycles. The maximum Gasteiger partial charge on any atom is 0.330 e. The topological polar surface area (TPSA) is 88.8 Å². The number of aliphatic carboxylic acids is 1. The maximum atomic E-state index is 13.9. The summed E-state index contributed by atoms with van der Waals surface area (Å²) in [6.45, 7) is 5.79. The first-order valence-corrected chi connectivity index (χ1v) is 8.75. The molecule has 1 heterocycles. The van der Waals surface area contributed by atoms with E-state index in [1.165, 1.54) is 24.3 Å². The zero-order chi connectivity index (χ0) is 19.8. The number of ether oxygens (including phenoxy) is 1. The van der Waals surface area contributed by atoms with Crippen LogP contribution in [0, 0.1) is 11.2 Å². The van der Waals surface area contributed by atoms with Gasteiger partial charge in [-0.25, -0.2) is 9.18 Å². The van der Waals surface area contributed by atoms with Gasteiger partial charge >= 0.3 is 5.97 Å². The van der Waals surface area contributed by atoms with Crippen molar-refractivity contribution >= 4 is 11.9 Å². The third kappa shape index (κ3) is 3.02. The normalized spacial score (nSPS) is 23.5. The van der Waals surface area contributed by atoms with Gasteiger partial charge in [0.05, 0.1) is 11.7 Å². The molecule has 0 bridgehead atoms. The molecule has 1 fully saturated rings. The Balaban J connectivity index is 1.83. The van der Waals surface area contributed by atoms with E-state index in [0.717, 1.165) is 0 Å². The minimum Gasteiger partial charge on any atom is -0.479 e. The first-order valence-electron chi connectivity index (χ1n) is 8.75. The lowest BCUT2D eigenvalue weighted by atomic mass is 9.54. The van der Waals surface area contributed by atoms with Gasteiger partial charge in [-0.3, -0.25) is 4.79 Å². The molecule has 0 saturated heterocycles. The summed E-state index contributed by atoms with van der Waals surface area (Å²) in [6.07, 6.45) is -0.111. The first kappa shape index (κ1) is 19.1. The highest BCUT2D eigenvalue weighted by Crippen LogP contribution is 2.51. The monoisotopic (exact) mass is 375 g/mol. The summed E-state index contributed by atoms with van der Waals surface area (Å²) in [5.41, 5.74) is -2.04. The van der Waals surface area contributed by atoms with E-state index < -0.39 is 28.6 Å². The van der Waals surface area contributed by atoms with Crippen molar-refractivity contribution in [1.82, 2.24) is 5.32 Å². The van der Waals surface area contributed by atoms with Crippen LogP contribution in [0.2, 0.25) is 0 Å². The number of hydrogen-bond acceptors (Lipinski definition) is 4. The Bertz CT molecular complexity index is 875. The molecule has 2 N–H and O–H groups in total. The molecule has 2 atom stereocenters. The molecular weight excluding hydrogens is 353 g/mol. The van der Waals surface area contributed by atoms with Crippen molar-refractivity contribution in [2.75, 3.05) is 6.61 Å². The number of hydrogen-bond donors (Lipinski definition) is 2. The molecule has 6 nitrogen and oxygen atoms in total. The fraction of sp³-hybridized carbons (Fsp3) is 0.400. The maximum absolute atomic E-state index is 13.9. The minimum atomic E-state index is -1.46. The van der Waals surface area contributed by atoms with Gasteiger partial charge in [-0.15, -0.1) is 0 Å². The van der Waals surface area contributed by atoms with Crippen LogP contribution in [-0.4, -0.2) is 35.2 Å². The van der Waals surface area contributed by atoms with E-state index in [-0.39, 0.29) is 29.6 Å². The largest absolute Gasteiger partial charge is 0.479 e. The summed E-state index contributed by atoms with van der Waals surface area (Å²) in [5.74, 6) is -2.14. The molecule has 1 aliphatic rings. The first-order chi connectivity index (χ1) is 12.7. The molecule has 2 unspecified atom stereocenters. The van der Waals surface area contributed by atoms with Crippen molar-refractivity contribution in [1.29, 1.82) is 0 Å². The average molecular weight is 375 g/mol. The lowest BCUT2D eigenvalue weighted by molar-refractivity contribution is -0.190. The van der Waals surface area contributed by atoms with Gasteiger partial charge < -0.3 is 19.6 Å². The van der Waals surface area contributed by atoms with E-state index in [1.807, 2.05) is 6.92 Å². The van der Waals surface area contributed by atoms with Crippen LogP contribution in [0.5, 0.6) is 0 Å². The molecule has 1 saturated carbocycles. The van der Waals surface area contributed by atoms with Crippen molar-refractivity contribution in [3.8, 4) is 11.3 Å². The molecule has 2 aromatic rings. The van der Waals surface area contributed by atoms with Gasteiger partial charge in [0.15, 0.2) is 5.76 Å². The number of nitrogens with one attached hydrogen (secondary N) is 1. The third-order valence-electron chi connectivity index (χ3n) is 5.43. The van der Waals surface area contributed by atoms with Gasteiger partial charge in [-0.05, 0) is 31.2 Å². The number of carboxylic acids is 1. The Labute approximate surface area is 156 Å². The van der Waals surface area contributed by atoms with Crippen LogP contribution < -0.4 is 5.32 Å². The summed E-state index contributed by atoms with van der Waals surface area (Å²) in [5, 5.41) is 12.4. The fourth-order valence-corrected chi connectivity index (χ4v) is 3.56. The molecule has 27 heavy (non-hydrogen) atoms. The highest BCUT2D eigenvalue weighted by atomic mass is 19.1. The molecule has 144 valence electrons. The molecule has 1 aromatic heterocycles. The molecule has 0 radical (unpaired) electrons. The second kappa shape index (κ2) is 6.81. The van der Waals surface area contributed by atoms with E-state index in [0.29, 0.717) is 6.61 Å². The van der Waals surface area contributed by atoms with Crippen molar-refractivity contribution in [2.24, 2.45) is 5.41 Å². The summed E-state index contributed by atoms with van der Waals surface area (Å²) >= 11 is 0. The molecule has 1 aliphatic carbocycles. The second-order valence-corrected chi connectivity index (χ2v) is 7.18. The highest BCUT2D eigenvalue weighted by molar-refractivity contribution is 5.97. The molecule has 0 spiro atoms. The quantitative estimate of drug-likeness (QED) is 0.807. The summed E-state index contributed by atoms with van der Waals surface area (Å²) in [4.78, 5) is 24.6. The zero-order valence-electron chi connectivity index (χ0n) is 15.4. The van der Waals surface area contributed by atoms with Gasteiger partial charge in [0.25, 0.3) is 5.91 Å². The predicted molar refractivity (Wildman–Crippen MR) is 95.7 cm³/mol. The number of furan rings is 1. The number of benzene rings is 1. The number of carbonyl (C=O) groups excluding carboxylic acids is 1.